The smallest absolute Gasteiger partial charge is 0.338 e. The lowest BCUT2D eigenvalue weighted by Gasteiger charge is -2.25. The van der Waals surface area contributed by atoms with E-state index in [4.69, 9.17) is 21.1 Å². The van der Waals surface area contributed by atoms with Gasteiger partial charge in [-0.15, -0.1) is 0 Å². The van der Waals surface area contributed by atoms with Crippen LogP contribution < -0.4 is 19.6 Å². The van der Waals surface area contributed by atoms with Crippen LogP contribution in [-0.2, 0) is 9.53 Å². The minimum atomic E-state index is -0.773. The van der Waals surface area contributed by atoms with E-state index in [1.165, 1.54) is 22.0 Å². The molecule has 1 aliphatic rings. The van der Waals surface area contributed by atoms with Gasteiger partial charge in [-0.1, -0.05) is 47.2 Å². The molecule has 0 saturated carbocycles. The molecule has 2 aromatic carbocycles. The van der Waals surface area contributed by atoms with Crippen LogP contribution in [0.1, 0.15) is 37.9 Å². The number of aromatic nitrogens is 1. The van der Waals surface area contributed by atoms with Crippen molar-refractivity contribution in [2.24, 2.45) is 4.99 Å². The zero-order valence-electron chi connectivity index (χ0n) is 18.9. The summed E-state index contributed by atoms with van der Waals surface area (Å²) in [5, 5.41) is 10.4. The van der Waals surface area contributed by atoms with E-state index in [0.717, 1.165) is 0 Å². The van der Waals surface area contributed by atoms with Gasteiger partial charge in [0.05, 0.1) is 29.0 Å². The maximum Gasteiger partial charge on any atom is 0.338 e. The topological polar surface area (TPSA) is 90.1 Å². The summed E-state index contributed by atoms with van der Waals surface area (Å²) in [5.41, 5.74) is 1.73. The quantitative estimate of drug-likeness (QED) is 0.525. The largest absolute Gasteiger partial charge is 0.504 e. The van der Waals surface area contributed by atoms with Crippen LogP contribution in [0.2, 0.25) is 5.02 Å². The number of thiazole rings is 1. The molecule has 1 aliphatic heterocycles. The van der Waals surface area contributed by atoms with Crippen LogP contribution in [0.4, 0.5) is 0 Å². The Labute approximate surface area is 204 Å². The van der Waals surface area contributed by atoms with E-state index < -0.39 is 12.0 Å². The van der Waals surface area contributed by atoms with E-state index in [2.05, 4.69) is 4.99 Å². The van der Waals surface area contributed by atoms with Crippen molar-refractivity contribution >= 4 is 35.0 Å². The third-order valence-corrected chi connectivity index (χ3v) is 6.63. The Hall–Kier alpha value is -3.36. The number of nitrogens with zero attached hydrogens (tertiary/aromatic N) is 2. The van der Waals surface area contributed by atoms with Gasteiger partial charge in [0.2, 0.25) is 0 Å². The van der Waals surface area contributed by atoms with Crippen molar-refractivity contribution in [3.05, 3.63) is 89.6 Å². The van der Waals surface area contributed by atoms with Gasteiger partial charge >= 0.3 is 5.97 Å². The minimum Gasteiger partial charge on any atom is -0.504 e. The van der Waals surface area contributed by atoms with Crippen LogP contribution in [0.25, 0.3) is 6.08 Å². The summed E-state index contributed by atoms with van der Waals surface area (Å²) in [4.78, 5) is 31.5. The van der Waals surface area contributed by atoms with E-state index in [9.17, 15) is 14.7 Å². The highest BCUT2D eigenvalue weighted by Crippen LogP contribution is 2.34. The summed E-state index contributed by atoms with van der Waals surface area (Å²) in [6, 6.07) is 11.2. The number of phenolic OH excluding ortho intramolecular Hbond substituents is 1. The molecule has 34 heavy (non-hydrogen) atoms. The van der Waals surface area contributed by atoms with Gasteiger partial charge in [-0.05, 0) is 56.2 Å². The molecule has 3 aromatic rings. The number of fused-ring (bicyclic) bond motifs is 1. The van der Waals surface area contributed by atoms with Crippen molar-refractivity contribution in [1.82, 2.24) is 4.57 Å². The van der Waals surface area contributed by atoms with Crippen LogP contribution in [0.3, 0.4) is 0 Å². The Kier molecular flexibility index (Phi) is 6.90. The highest BCUT2D eigenvalue weighted by atomic mass is 35.5. The Balaban J connectivity index is 1.94. The fraction of sp³-hybridized carbons (Fsp3) is 0.240. The molecular weight excluding hydrogens is 476 g/mol. The lowest BCUT2D eigenvalue weighted by Crippen LogP contribution is -2.40. The van der Waals surface area contributed by atoms with Crippen molar-refractivity contribution < 1.29 is 19.4 Å². The van der Waals surface area contributed by atoms with Crippen LogP contribution >= 0.6 is 22.9 Å². The molecule has 0 fully saturated rings. The molecule has 2 heterocycles. The molecule has 7 nitrogen and oxygen atoms in total. The van der Waals surface area contributed by atoms with Gasteiger partial charge < -0.3 is 14.6 Å². The summed E-state index contributed by atoms with van der Waals surface area (Å²) in [7, 11) is 0. The molecule has 9 heteroatoms. The van der Waals surface area contributed by atoms with Crippen molar-refractivity contribution in [1.29, 1.82) is 0 Å². The number of carbonyl (C=O) groups excluding carboxylic acids is 1. The molecule has 1 N–H and O–H groups in total. The highest BCUT2D eigenvalue weighted by molar-refractivity contribution is 7.07. The molecule has 0 saturated heterocycles. The van der Waals surface area contributed by atoms with Crippen molar-refractivity contribution in [3.63, 3.8) is 0 Å². The fourth-order valence-corrected chi connectivity index (χ4v) is 5.11. The molecule has 1 aromatic heterocycles. The van der Waals surface area contributed by atoms with Crippen molar-refractivity contribution in [2.75, 3.05) is 13.2 Å². The first kappa shape index (κ1) is 23.8. The number of esters is 1. The molecule has 0 bridgehead atoms. The molecule has 0 unspecified atom stereocenters. The van der Waals surface area contributed by atoms with Crippen molar-refractivity contribution in [3.8, 4) is 11.5 Å². The van der Waals surface area contributed by atoms with Crippen LogP contribution in [0.15, 0.2) is 63.5 Å². The predicted molar refractivity (Wildman–Crippen MR) is 131 cm³/mol. The molecule has 0 aliphatic carbocycles. The third-order valence-electron chi connectivity index (χ3n) is 5.30. The summed E-state index contributed by atoms with van der Waals surface area (Å²) in [6.45, 7) is 5.86. The number of hydrogen-bond donors (Lipinski definition) is 1. The first-order valence-electron chi connectivity index (χ1n) is 10.8. The second-order valence-corrected chi connectivity index (χ2v) is 8.90. The molecule has 4 rings (SSSR count). The third kappa shape index (κ3) is 4.38. The van der Waals surface area contributed by atoms with Gasteiger partial charge in [0.1, 0.15) is 6.04 Å². The maximum absolute atomic E-state index is 13.6. The summed E-state index contributed by atoms with van der Waals surface area (Å²) < 4.78 is 12.6. The van der Waals surface area contributed by atoms with E-state index in [1.807, 2.05) is 6.92 Å². The number of hydrogen-bond acceptors (Lipinski definition) is 7. The summed E-state index contributed by atoms with van der Waals surface area (Å²) >= 11 is 7.72. The minimum absolute atomic E-state index is 0.0221. The zero-order chi connectivity index (χ0) is 24.4. The molecule has 0 amide bonds. The number of rotatable bonds is 6. The van der Waals surface area contributed by atoms with Crippen molar-refractivity contribution in [2.45, 2.75) is 26.8 Å². The average Bonchev–Trinajstić information content (AvgIpc) is 3.10. The van der Waals surface area contributed by atoms with E-state index in [1.54, 1.807) is 56.3 Å². The maximum atomic E-state index is 13.6. The number of aromatic hydroxyl groups is 1. The Morgan fingerprint density at radius 2 is 2.00 bits per heavy atom. The van der Waals surface area contributed by atoms with E-state index in [0.29, 0.717) is 43.5 Å². The fourth-order valence-electron chi connectivity index (χ4n) is 3.83. The first-order chi connectivity index (χ1) is 16.3. The number of benzene rings is 2. The lowest BCUT2D eigenvalue weighted by molar-refractivity contribution is -0.139. The number of allylic oxidation sites excluding steroid dienone is 1. The second kappa shape index (κ2) is 9.87. The van der Waals surface area contributed by atoms with Crippen LogP contribution in [-0.4, -0.2) is 28.9 Å². The SMILES string of the molecule is CCOC(=O)C1=C(C)N=c2s/c(=C\c3ccc(O)c(OCC)c3)c(=O)n2[C@@H]1c1ccccc1Cl. The zero-order valence-corrected chi connectivity index (χ0v) is 20.4. The second-order valence-electron chi connectivity index (χ2n) is 7.48. The summed E-state index contributed by atoms with van der Waals surface area (Å²) in [6.07, 6.45) is 1.71. The highest BCUT2D eigenvalue weighted by Gasteiger charge is 2.34. The summed E-state index contributed by atoms with van der Waals surface area (Å²) in [5.74, 6) is -0.185. The van der Waals surface area contributed by atoms with Gasteiger partial charge in [0.25, 0.3) is 5.56 Å². The number of halogens is 1. The number of carbonyl (C=O) groups is 1. The standard InChI is InChI=1S/C25H23ClN2O5S/c1-4-32-19-12-15(10-11-18(19)29)13-20-23(30)28-22(16-8-6-7-9-17(16)26)21(24(31)33-5-2)14(3)27-25(28)34-20/h6-13,22,29H,4-5H2,1-3H3/b20-13-/t22-/m1/s1. The van der Waals surface area contributed by atoms with Gasteiger partial charge in [0, 0.05) is 5.02 Å². The van der Waals surface area contributed by atoms with E-state index in [-0.39, 0.29) is 23.5 Å². The molecule has 0 radical (unpaired) electrons. The lowest BCUT2D eigenvalue weighted by atomic mass is 9.96. The van der Waals surface area contributed by atoms with Gasteiger partial charge in [-0.3, -0.25) is 9.36 Å². The molecule has 1 atom stereocenters. The number of ether oxygens (including phenoxy) is 2. The van der Waals surface area contributed by atoms with Gasteiger partial charge in [-0.2, -0.15) is 0 Å². The monoisotopic (exact) mass is 498 g/mol. The Morgan fingerprint density at radius 1 is 1.24 bits per heavy atom. The molecule has 176 valence electrons. The molecule has 0 spiro atoms. The Morgan fingerprint density at radius 3 is 2.71 bits per heavy atom. The van der Waals surface area contributed by atoms with Crippen LogP contribution in [0, 0.1) is 0 Å². The normalized spacial score (nSPS) is 15.6. The van der Waals surface area contributed by atoms with Gasteiger partial charge in [-0.25, -0.2) is 9.79 Å². The van der Waals surface area contributed by atoms with Gasteiger partial charge in [0.15, 0.2) is 16.3 Å². The van der Waals surface area contributed by atoms with E-state index >= 15 is 0 Å². The number of phenols is 1. The average molecular weight is 499 g/mol. The Bertz CT molecular complexity index is 1470. The molecular formula is C25H23ClN2O5S. The van der Waals surface area contributed by atoms with Crippen LogP contribution in [0.5, 0.6) is 11.5 Å². The first-order valence-corrected chi connectivity index (χ1v) is 11.9. The predicted octanol–water partition coefficient (Wildman–Crippen LogP) is 3.56.